The van der Waals surface area contributed by atoms with Crippen molar-refractivity contribution in [3.8, 4) is 0 Å². The zero-order valence-corrected chi connectivity index (χ0v) is 21.3. The molecule has 3 rings (SSSR count). The van der Waals surface area contributed by atoms with E-state index in [0.717, 1.165) is 17.0 Å². The van der Waals surface area contributed by atoms with Crippen LogP contribution in [-0.4, -0.2) is 57.4 Å². The Morgan fingerprint density at radius 2 is 1.71 bits per heavy atom. The number of piperidine rings is 1. The molecule has 1 N–H and O–H groups in total. The lowest BCUT2D eigenvalue weighted by Crippen LogP contribution is -2.43. The molecule has 9 heteroatoms. The van der Waals surface area contributed by atoms with Crippen LogP contribution in [0.2, 0.25) is 0 Å². The fraction of sp³-hybridized carbons (Fsp3) is 0.462. The van der Waals surface area contributed by atoms with Crippen molar-refractivity contribution in [1.82, 2.24) is 14.7 Å². The smallest absolute Gasteiger partial charge is 0.410 e. The number of carbonyl (C=O) groups is 3. The van der Waals surface area contributed by atoms with Crippen LogP contribution in [0.4, 0.5) is 10.5 Å². The lowest BCUT2D eigenvalue weighted by molar-refractivity contribution is -0.111. The summed E-state index contributed by atoms with van der Waals surface area (Å²) in [5, 5.41) is 7.11. The number of nitrogens with one attached hydrogen (secondary N) is 1. The number of hydrogen-bond acceptors (Lipinski definition) is 6. The first-order chi connectivity index (χ1) is 16.4. The van der Waals surface area contributed by atoms with Crippen molar-refractivity contribution < 1.29 is 23.9 Å². The molecule has 1 saturated heterocycles. The standard InChI is InChI=1S/C26H34N4O5/c1-17-22(18(2)29(6)28-17)11-12-23(31)27-20-9-7-19(8-10-20)24(32)34-21-13-15-30(16-14-21)25(33)35-26(3,4)5/h7-12,21H,13-16H2,1-6H3,(H,27,31)/b12-11+. The Balaban J connectivity index is 1.48. The molecule has 1 aliphatic rings. The largest absolute Gasteiger partial charge is 0.459 e. The van der Waals surface area contributed by atoms with E-state index in [1.807, 2.05) is 41.7 Å². The maximum Gasteiger partial charge on any atom is 0.410 e. The van der Waals surface area contributed by atoms with Gasteiger partial charge in [0, 0.05) is 56.0 Å². The van der Waals surface area contributed by atoms with Gasteiger partial charge in [-0.2, -0.15) is 5.10 Å². The number of anilines is 1. The average Bonchev–Trinajstić information content (AvgIpc) is 3.02. The Morgan fingerprint density at radius 3 is 2.26 bits per heavy atom. The van der Waals surface area contributed by atoms with E-state index >= 15 is 0 Å². The molecule has 2 aromatic rings. The van der Waals surface area contributed by atoms with E-state index in [4.69, 9.17) is 9.47 Å². The van der Waals surface area contributed by atoms with Gasteiger partial charge in [0.05, 0.1) is 11.3 Å². The zero-order chi connectivity index (χ0) is 25.8. The lowest BCUT2D eigenvalue weighted by Gasteiger charge is -2.33. The Bertz CT molecular complexity index is 1100. The maximum atomic E-state index is 12.5. The van der Waals surface area contributed by atoms with Gasteiger partial charge in [0.25, 0.3) is 0 Å². The van der Waals surface area contributed by atoms with Crippen molar-refractivity contribution in [2.75, 3.05) is 18.4 Å². The summed E-state index contributed by atoms with van der Waals surface area (Å²) in [5.74, 6) is -0.708. The first-order valence-electron chi connectivity index (χ1n) is 11.7. The molecule has 9 nitrogen and oxygen atoms in total. The number of ether oxygens (including phenoxy) is 2. The molecule has 0 spiro atoms. The van der Waals surface area contributed by atoms with E-state index in [0.29, 0.717) is 37.2 Å². The van der Waals surface area contributed by atoms with Crippen LogP contribution >= 0.6 is 0 Å². The van der Waals surface area contributed by atoms with Gasteiger partial charge in [0.1, 0.15) is 11.7 Å². The fourth-order valence-corrected chi connectivity index (χ4v) is 3.77. The normalized spacial score (nSPS) is 14.7. The van der Waals surface area contributed by atoms with Gasteiger partial charge >= 0.3 is 12.1 Å². The number of hydrogen-bond donors (Lipinski definition) is 1. The van der Waals surface area contributed by atoms with E-state index in [2.05, 4.69) is 10.4 Å². The van der Waals surface area contributed by atoms with E-state index in [1.165, 1.54) is 6.08 Å². The minimum Gasteiger partial charge on any atom is -0.459 e. The maximum absolute atomic E-state index is 12.5. The lowest BCUT2D eigenvalue weighted by atomic mass is 10.1. The Kier molecular flexibility index (Phi) is 7.99. The van der Waals surface area contributed by atoms with Crippen molar-refractivity contribution in [1.29, 1.82) is 0 Å². The van der Waals surface area contributed by atoms with Crippen LogP contribution in [0.15, 0.2) is 30.3 Å². The molecule has 35 heavy (non-hydrogen) atoms. The molecule has 1 fully saturated rings. The highest BCUT2D eigenvalue weighted by Crippen LogP contribution is 2.19. The molecule has 188 valence electrons. The van der Waals surface area contributed by atoms with E-state index in [-0.39, 0.29) is 18.1 Å². The Hall–Kier alpha value is -3.62. The van der Waals surface area contributed by atoms with Crippen molar-refractivity contribution in [3.63, 3.8) is 0 Å². The highest BCUT2D eigenvalue weighted by molar-refractivity contribution is 6.02. The van der Waals surface area contributed by atoms with Gasteiger partial charge in [-0.1, -0.05) is 0 Å². The third kappa shape index (κ3) is 7.18. The summed E-state index contributed by atoms with van der Waals surface area (Å²) in [6, 6.07) is 6.56. The molecule has 1 aromatic heterocycles. The first kappa shape index (κ1) is 26.0. The van der Waals surface area contributed by atoms with Crippen molar-refractivity contribution >= 4 is 29.7 Å². The summed E-state index contributed by atoms with van der Waals surface area (Å²) in [6.45, 7) is 10.3. The summed E-state index contributed by atoms with van der Waals surface area (Å²) < 4.78 is 12.8. The Labute approximate surface area is 206 Å². The van der Waals surface area contributed by atoms with Crippen molar-refractivity contribution in [3.05, 3.63) is 52.9 Å². The molecule has 2 amide bonds. The second kappa shape index (κ2) is 10.8. The van der Waals surface area contributed by atoms with E-state index in [9.17, 15) is 14.4 Å². The number of likely N-dealkylation sites (tertiary alicyclic amines) is 1. The SMILES string of the molecule is Cc1nn(C)c(C)c1/C=C/C(=O)Nc1ccc(C(=O)OC2CCN(C(=O)OC(C)(C)C)CC2)cc1. The van der Waals surface area contributed by atoms with Gasteiger partial charge in [0.15, 0.2) is 0 Å². The molecule has 2 heterocycles. The summed E-state index contributed by atoms with van der Waals surface area (Å²) in [7, 11) is 1.86. The zero-order valence-electron chi connectivity index (χ0n) is 21.3. The molecule has 0 atom stereocenters. The van der Waals surface area contributed by atoms with Gasteiger partial charge in [-0.3, -0.25) is 9.48 Å². The number of benzene rings is 1. The van der Waals surface area contributed by atoms with Crippen LogP contribution < -0.4 is 5.32 Å². The third-order valence-corrected chi connectivity index (χ3v) is 5.72. The third-order valence-electron chi connectivity index (χ3n) is 5.72. The molecule has 0 bridgehead atoms. The predicted octanol–water partition coefficient (Wildman–Crippen LogP) is 4.25. The number of amides is 2. The van der Waals surface area contributed by atoms with Crippen molar-refractivity contribution in [2.45, 2.75) is 59.2 Å². The first-order valence-corrected chi connectivity index (χ1v) is 11.7. The number of nitrogens with zero attached hydrogens (tertiary/aromatic N) is 3. The predicted molar refractivity (Wildman–Crippen MR) is 133 cm³/mol. The van der Waals surface area contributed by atoms with Gasteiger partial charge in [-0.25, -0.2) is 9.59 Å². The molecule has 1 aliphatic heterocycles. The molecule has 0 saturated carbocycles. The topological polar surface area (TPSA) is 103 Å². The van der Waals surface area contributed by atoms with Gasteiger partial charge < -0.3 is 19.7 Å². The summed E-state index contributed by atoms with van der Waals surface area (Å²) in [5.41, 5.74) is 3.17. The van der Waals surface area contributed by atoms with Crippen LogP contribution in [-0.2, 0) is 21.3 Å². The van der Waals surface area contributed by atoms with E-state index in [1.54, 1.807) is 39.9 Å². The highest BCUT2D eigenvalue weighted by atomic mass is 16.6. The van der Waals surface area contributed by atoms with Crippen LogP contribution in [0, 0.1) is 13.8 Å². The van der Waals surface area contributed by atoms with Crippen molar-refractivity contribution in [2.24, 2.45) is 7.05 Å². The Morgan fingerprint density at radius 1 is 1.09 bits per heavy atom. The molecular formula is C26H34N4O5. The van der Waals surface area contributed by atoms with Gasteiger partial charge in [-0.15, -0.1) is 0 Å². The average molecular weight is 483 g/mol. The van der Waals surface area contributed by atoms with Crippen LogP contribution in [0.3, 0.4) is 0 Å². The van der Waals surface area contributed by atoms with Crippen LogP contribution in [0.5, 0.6) is 0 Å². The molecular weight excluding hydrogens is 448 g/mol. The summed E-state index contributed by atoms with van der Waals surface area (Å²) >= 11 is 0. The summed E-state index contributed by atoms with van der Waals surface area (Å²) in [4.78, 5) is 38.6. The molecule has 0 aliphatic carbocycles. The number of aromatic nitrogens is 2. The number of carbonyl (C=O) groups excluding carboxylic acids is 3. The van der Waals surface area contributed by atoms with Gasteiger partial charge in [0.2, 0.25) is 5.91 Å². The quantitative estimate of drug-likeness (QED) is 0.505. The highest BCUT2D eigenvalue weighted by Gasteiger charge is 2.28. The number of rotatable bonds is 5. The number of aryl methyl sites for hydroxylation is 2. The minimum absolute atomic E-state index is 0.259. The monoisotopic (exact) mass is 482 g/mol. The minimum atomic E-state index is -0.542. The molecule has 0 unspecified atom stereocenters. The number of esters is 1. The molecule has 0 radical (unpaired) electrons. The van der Waals surface area contributed by atoms with Gasteiger partial charge in [-0.05, 0) is 65.0 Å². The second-order valence-electron chi connectivity index (χ2n) is 9.68. The van der Waals surface area contributed by atoms with Crippen LogP contribution in [0.1, 0.15) is 60.9 Å². The summed E-state index contributed by atoms with van der Waals surface area (Å²) in [6.07, 6.45) is 3.71. The van der Waals surface area contributed by atoms with Crippen LogP contribution in [0.25, 0.3) is 6.08 Å². The molecule has 1 aromatic carbocycles. The second-order valence-corrected chi connectivity index (χ2v) is 9.68. The fourth-order valence-electron chi connectivity index (χ4n) is 3.77. The van der Waals surface area contributed by atoms with E-state index < -0.39 is 11.6 Å².